The molecule has 0 aliphatic carbocycles. The molecule has 6 nitrogen and oxygen atoms in total. The molecule has 0 aliphatic heterocycles. The van der Waals surface area contributed by atoms with Gasteiger partial charge in [-0.05, 0) is 24.1 Å². The number of nitrogens with two attached hydrogens (primary N) is 2. The smallest absolute Gasteiger partial charge is 0.237 e. The van der Waals surface area contributed by atoms with Crippen molar-refractivity contribution in [2.24, 2.45) is 5.73 Å². The van der Waals surface area contributed by atoms with Crippen molar-refractivity contribution in [3.63, 3.8) is 0 Å². The SMILES string of the molecule is CCCOCCC(=O)N(CC(N)=O)Cc1ccc(N)cc1. The van der Waals surface area contributed by atoms with Gasteiger partial charge >= 0.3 is 0 Å². The van der Waals surface area contributed by atoms with Crippen molar-refractivity contribution in [1.29, 1.82) is 0 Å². The zero-order chi connectivity index (χ0) is 15.7. The largest absolute Gasteiger partial charge is 0.399 e. The Labute approximate surface area is 125 Å². The Morgan fingerprint density at radius 3 is 2.43 bits per heavy atom. The van der Waals surface area contributed by atoms with E-state index in [0.29, 0.717) is 25.4 Å². The minimum Gasteiger partial charge on any atom is -0.399 e. The van der Waals surface area contributed by atoms with Gasteiger partial charge in [0.25, 0.3) is 0 Å². The van der Waals surface area contributed by atoms with Crippen LogP contribution in [0.4, 0.5) is 5.69 Å². The van der Waals surface area contributed by atoms with Gasteiger partial charge in [-0.25, -0.2) is 0 Å². The normalized spacial score (nSPS) is 10.3. The molecule has 116 valence electrons. The maximum atomic E-state index is 12.1. The number of primary amides is 1. The summed E-state index contributed by atoms with van der Waals surface area (Å²) < 4.78 is 5.29. The van der Waals surface area contributed by atoms with Gasteiger partial charge in [0.1, 0.15) is 0 Å². The molecule has 1 aromatic rings. The first-order chi connectivity index (χ1) is 10.0. The fraction of sp³-hybridized carbons (Fsp3) is 0.467. The van der Waals surface area contributed by atoms with Gasteiger partial charge in [-0.15, -0.1) is 0 Å². The number of hydrogen-bond donors (Lipinski definition) is 2. The molecule has 1 rings (SSSR count). The zero-order valence-corrected chi connectivity index (χ0v) is 12.4. The Morgan fingerprint density at radius 2 is 1.86 bits per heavy atom. The van der Waals surface area contributed by atoms with Crippen LogP contribution in [-0.4, -0.2) is 36.5 Å². The van der Waals surface area contributed by atoms with E-state index in [9.17, 15) is 9.59 Å². The number of carbonyl (C=O) groups excluding carboxylic acids is 2. The minimum absolute atomic E-state index is 0.100. The topological polar surface area (TPSA) is 98.6 Å². The number of ether oxygens (including phenoxy) is 1. The number of nitrogens with zero attached hydrogens (tertiary/aromatic N) is 1. The van der Waals surface area contributed by atoms with Crippen molar-refractivity contribution in [3.05, 3.63) is 29.8 Å². The molecular formula is C15H23N3O3. The van der Waals surface area contributed by atoms with Crippen LogP contribution in [-0.2, 0) is 20.9 Å². The highest BCUT2D eigenvalue weighted by Crippen LogP contribution is 2.09. The van der Waals surface area contributed by atoms with Gasteiger partial charge in [0, 0.05) is 18.8 Å². The first kappa shape index (κ1) is 17.0. The van der Waals surface area contributed by atoms with Crippen LogP contribution < -0.4 is 11.5 Å². The molecule has 21 heavy (non-hydrogen) atoms. The van der Waals surface area contributed by atoms with E-state index >= 15 is 0 Å². The Morgan fingerprint density at radius 1 is 1.19 bits per heavy atom. The molecule has 0 unspecified atom stereocenters. The molecule has 4 N–H and O–H groups in total. The lowest BCUT2D eigenvalue weighted by Gasteiger charge is -2.21. The number of rotatable bonds is 9. The summed E-state index contributed by atoms with van der Waals surface area (Å²) in [5.74, 6) is -0.685. The van der Waals surface area contributed by atoms with E-state index in [4.69, 9.17) is 16.2 Å². The summed E-state index contributed by atoms with van der Waals surface area (Å²) in [6, 6.07) is 7.16. The number of anilines is 1. The number of carbonyl (C=O) groups is 2. The fourth-order valence-corrected chi connectivity index (χ4v) is 1.83. The average Bonchev–Trinajstić information content (AvgIpc) is 2.44. The van der Waals surface area contributed by atoms with Crippen LogP contribution >= 0.6 is 0 Å². The summed E-state index contributed by atoms with van der Waals surface area (Å²) in [5, 5.41) is 0. The predicted molar refractivity (Wildman–Crippen MR) is 81.2 cm³/mol. The second-order valence-electron chi connectivity index (χ2n) is 4.82. The molecule has 2 amide bonds. The maximum Gasteiger partial charge on any atom is 0.237 e. The lowest BCUT2D eigenvalue weighted by molar-refractivity contribution is -0.136. The standard InChI is InChI=1S/C15H23N3O3/c1-2-8-21-9-7-15(20)18(11-14(17)19)10-12-3-5-13(16)6-4-12/h3-6H,2,7-11,16H2,1H3,(H2,17,19). The van der Waals surface area contributed by atoms with Gasteiger partial charge < -0.3 is 21.1 Å². The quantitative estimate of drug-likeness (QED) is 0.522. The predicted octanol–water partition coefficient (Wildman–Crippen LogP) is 0.899. The van der Waals surface area contributed by atoms with E-state index < -0.39 is 5.91 Å². The highest BCUT2D eigenvalue weighted by molar-refractivity contribution is 5.83. The first-order valence-corrected chi connectivity index (χ1v) is 7.01. The Bertz CT molecular complexity index is 460. The highest BCUT2D eigenvalue weighted by Gasteiger charge is 2.16. The highest BCUT2D eigenvalue weighted by atomic mass is 16.5. The molecule has 1 aromatic carbocycles. The van der Waals surface area contributed by atoms with Crippen LogP contribution in [0.25, 0.3) is 0 Å². The van der Waals surface area contributed by atoms with Crippen LogP contribution in [0.2, 0.25) is 0 Å². The van der Waals surface area contributed by atoms with Gasteiger partial charge in [-0.2, -0.15) is 0 Å². The third-order valence-corrected chi connectivity index (χ3v) is 2.86. The first-order valence-electron chi connectivity index (χ1n) is 7.01. The molecule has 0 heterocycles. The van der Waals surface area contributed by atoms with Crippen molar-refractivity contribution >= 4 is 17.5 Å². The van der Waals surface area contributed by atoms with Crippen molar-refractivity contribution < 1.29 is 14.3 Å². The average molecular weight is 293 g/mol. The molecule has 0 radical (unpaired) electrons. The molecule has 0 fully saturated rings. The van der Waals surface area contributed by atoms with E-state index in [1.54, 1.807) is 12.1 Å². The number of nitrogen functional groups attached to an aromatic ring is 1. The molecule has 0 saturated carbocycles. The van der Waals surface area contributed by atoms with Crippen molar-refractivity contribution in [1.82, 2.24) is 4.90 Å². The van der Waals surface area contributed by atoms with E-state index in [1.807, 2.05) is 19.1 Å². The Balaban J connectivity index is 2.59. The third-order valence-electron chi connectivity index (χ3n) is 2.86. The van der Waals surface area contributed by atoms with E-state index in [1.165, 1.54) is 4.90 Å². The second-order valence-corrected chi connectivity index (χ2v) is 4.82. The van der Waals surface area contributed by atoms with Crippen LogP contribution in [0.3, 0.4) is 0 Å². The summed E-state index contributed by atoms with van der Waals surface area (Å²) in [7, 11) is 0. The van der Waals surface area contributed by atoms with Crippen LogP contribution in [0, 0.1) is 0 Å². The summed E-state index contributed by atoms with van der Waals surface area (Å²) in [4.78, 5) is 24.7. The third kappa shape index (κ3) is 6.76. The molecule has 0 saturated heterocycles. The van der Waals surface area contributed by atoms with Gasteiger partial charge in [0.05, 0.1) is 19.6 Å². The van der Waals surface area contributed by atoms with Crippen LogP contribution in [0.1, 0.15) is 25.3 Å². The molecule has 0 aliphatic rings. The minimum atomic E-state index is -0.534. The van der Waals surface area contributed by atoms with Crippen LogP contribution in [0.5, 0.6) is 0 Å². The Kier molecular flexibility index (Phi) is 7.25. The summed E-state index contributed by atoms with van der Waals surface area (Å²) >= 11 is 0. The number of hydrogen-bond acceptors (Lipinski definition) is 4. The van der Waals surface area contributed by atoms with Crippen molar-refractivity contribution in [2.75, 3.05) is 25.5 Å². The summed E-state index contributed by atoms with van der Waals surface area (Å²) in [6.07, 6.45) is 1.15. The van der Waals surface area contributed by atoms with E-state index in [0.717, 1.165) is 12.0 Å². The number of amides is 2. The zero-order valence-electron chi connectivity index (χ0n) is 12.4. The molecular weight excluding hydrogens is 270 g/mol. The maximum absolute atomic E-state index is 12.1. The molecule has 0 atom stereocenters. The van der Waals surface area contributed by atoms with Crippen LogP contribution in [0.15, 0.2) is 24.3 Å². The van der Waals surface area contributed by atoms with Crippen molar-refractivity contribution in [2.45, 2.75) is 26.3 Å². The van der Waals surface area contributed by atoms with Gasteiger partial charge in [-0.3, -0.25) is 9.59 Å². The number of benzene rings is 1. The molecule has 0 spiro atoms. The van der Waals surface area contributed by atoms with E-state index in [-0.39, 0.29) is 18.9 Å². The lowest BCUT2D eigenvalue weighted by Crippen LogP contribution is -2.38. The second kappa shape index (κ2) is 8.97. The molecule has 0 aromatic heterocycles. The molecule has 6 heteroatoms. The molecule has 0 bridgehead atoms. The van der Waals surface area contributed by atoms with Gasteiger partial charge in [0.2, 0.25) is 11.8 Å². The summed E-state index contributed by atoms with van der Waals surface area (Å²) in [5.41, 5.74) is 12.4. The lowest BCUT2D eigenvalue weighted by atomic mass is 10.2. The van der Waals surface area contributed by atoms with Crippen molar-refractivity contribution in [3.8, 4) is 0 Å². The summed E-state index contributed by atoms with van der Waals surface area (Å²) in [6.45, 7) is 3.21. The monoisotopic (exact) mass is 293 g/mol. The fourth-order valence-electron chi connectivity index (χ4n) is 1.83. The van der Waals surface area contributed by atoms with Gasteiger partial charge in [-0.1, -0.05) is 19.1 Å². The Hall–Kier alpha value is -2.08. The van der Waals surface area contributed by atoms with Gasteiger partial charge in [0.15, 0.2) is 0 Å². The van der Waals surface area contributed by atoms with E-state index in [2.05, 4.69) is 0 Å².